The molecule has 0 saturated carbocycles. The van der Waals surface area contributed by atoms with Crippen molar-refractivity contribution in [1.29, 1.82) is 0 Å². The van der Waals surface area contributed by atoms with Gasteiger partial charge in [0.05, 0.1) is 0 Å². The van der Waals surface area contributed by atoms with E-state index in [2.05, 4.69) is 36.2 Å². The number of primary amides is 1. The molecule has 1 amide bonds. The molecule has 3 aromatic rings. The number of ketones is 1. The average Bonchev–Trinajstić information content (AvgIpc) is 3.09. The highest BCUT2D eigenvalue weighted by Gasteiger charge is 2.15. The summed E-state index contributed by atoms with van der Waals surface area (Å²) in [6.07, 6.45) is 0. The third kappa shape index (κ3) is 4.25. The van der Waals surface area contributed by atoms with Gasteiger partial charge in [0, 0.05) is 16.7 Å². The quantitative estimate of drug-likeness (QED) is 0.702. The Morgan fingerprint density at radius 1 is 0.963 bits per heavy atom. The van der Waals surface area contributed by atoms with E-state index in [-0.39, 0.29) is 17.7 Å². The molecular formula is C20H21N5O2. The number of rotatable bonds is 5. The molecule has 2 N–H and O–H groups in total. The van der Waals surface area contributed by atoms with E-state index >= 15 is 0 Å². The predicted molar refractivity (Wildman–Crippen MR) is 101 cm³/mol. The molecule has 0 aliphatic carbocycles. The molecule has 1 aromatic heterocycles. The molecule has 0 spiro atoms. The minimum Gasteiger partial charge on any atom is -0.366 e. The fourth-order valence-electron chi connectivity index (χ4n) is 2.59. The summed E-state index contributed by atoms with van der Waals surface area (Å²) in [5, 5.41) is 12.1. The van der Waals surface area contributed by atoms with Crippen molar-refractivity contribution in [2.75, 3.05) is 0 Å². The molecule has 0 atom stereocenters. The van der Waals surface area contributed by atoms with Crippen molar-refractivity contribution in [1.82, 2.24) is 20.2 Å². The third-order valence-corrected chi connectivity index (χ3v) is 4.24. The Labute approximate surface area is 157 Å². The Hall–Kier alpha value is -3.35. The first-order valence-corrected chi connectivity index (χ1v) is 8.56. The average molecular weight is 363 g/mol. The van der Waals surface area contributed by atoms with Crippen molar-refractivity contribution in [2.45, 2.75) is 32.7 Å². The maximum absolute atomic E-state index is 12.5. The number of hydrogen-bond donors (Lipinski definition) is 1. The number of carbonyl (C=O) groups excluding carboxylic acids is 2. The van der Waals surface area contributed by atoms with Crippen LogP contribution in [0.1, 0.15) is 47.1 Å². The van der Waals surface area contributed by atoms with E-state index in [9.17, 15) is 9.59 Å². The van der Waals surface area contributed by atoms with Crippen LogP contribution in [0.5, 0.6) is 0 Å². The summed E-state index contributed by atoms with van der Waals surface area (Å²) in [7, 11) is 0. The largest absolute Gasteiger partial charge is 0.366 e. The van der Waals surface area contributed by atoms with Crippen LogP contribution in [-0.2, 0) is 12.0 Å². The first-order chi connectivity index (χ1) is 12.7. The second-order valence-corrected chi connectivity index (χ2v) is 7.34. The van der Waals surface area contributed by atoms with Crippen LogP contribution < -0.4 is 5.73 Å². The van der Waals surface area contributed by atoms with Crippen LogP contribution in [0, 0.1) is 0 Å². The van der Waals surface area contributed by atoms with Gasteiger partial charge < -0.3 is 5.73 Å². The second kappa shape index (κ2) is 7.11. The number of tetrazole rings is 1. The summed E-state index contributed by atoms with van der Waals surface area (Å²) in [5.41, 5.74) is 8.12. The van der Waals surface area contributed by atoms with Gasteiger partial charge in [-0.25, -0.2) is 0 Å². The minimum absolute atomic E-state index is 0.00122. The van der Waals surface area contributed by atoms with Gasteiger partial charge in [-0.1, -0.05) is 57.2 Å². The molecule has 0 bridgehead atoms. The lowest BCUT2D eigenvalue weighted by atomic mass is 9.86. The minimum atomic E-state index is -0.499. The molecule has 0 fully saturated rings. The lowest BCUT2D eigenvalue weighted by Crippen LogP contribution is -2.14. The maximum Gasteiger partial charge on any atom is 0.248 e. The number of carbonyl (C=O) groups is 2. The Morgan fingerprint density at radius 2 is 1.56 bits per heavy atom. The molecule has 0 aliphatic rings. The molecule has 0 radical (unpaired) electrons. The predicted octanol–water partition coefficient (Wildman–Crippen LogP) is 2.62. The van der Waals surface area contributed by atoms with Gasteiger partial charge in [0.25, 0.3) is 0 Å². The number of nitrogens with two attached hydrogens (primary N) is 1. The van der Waals surface area contributed by atoms with Gasteiger partial charge in [0.15, 0.2) is 5.78 Å². The monoisotopic (exact) mass is 363 g/mol. The number of amides is 1. The van der Waals surface area contributed by atoms with E-state index < -0.39 is 5.91 Å². The van der Waals surface area contributed by atoms with E-state index in [0.29, 0.717) is 22.5 Å². The first-order valence-electron chi connectivity index (χ1n) is 8.56. The molecule has 3 rings (SSSR count). The van der Waals surface area contributed by atoms with Crippen LogP contribution in [0.2, 0.25) is 0 Å². The van der Waals surface area contributed by atoms with Crippen LogP contribution >= 0.6 is 0 Å². The standard InChI is InChI=1S/C20H21N5O2/c1-20(2,3)16-10-8-13(9-11-16)17(26)12-25-23-19(22-24-25)15-6-4-14(5-7-15)18(21)27/h4-11H,12H2,1-3H3,(H2,21,27). The number of aromatic nitrogens is 4. The maximum atomic E-state index is 12.5. The summed E-state index contributed by atoms with van der Waals surface area (Å²) >= 11 is 0. The Bertz CT molecular complexity index is 967. The molecule has 0 aliphatic heterocycles. The van der Waals surface area contributed by atoms with E-state index in [1.165, 1.54) is 10.4 Å². The summed E-state index contributed by atoms with van der Waals surface area (Å²) < 4.78 is 0. The molecular weight excluding hydrogens is 342 g/mol. The smallest absolute Gasteiger partial charge is 0.248 e. The van der Waals surface area contributed by atoms with E-state index in [1.54, 1.807) is 24.3 Å². The molecule has 27 heavy (non-hydrogen) atoms. The molecule has 0 unspecified atom stereocenters. The van der Waals surface area contributed by atoms with E-state index in [0.717, 1.165) is 0 Å². The molecule has 2 aromatic carbocycles. The van der Waals surface area contributed by atoms with Gasteiger partial charge in [-0.2, -0.15) is 4.80 Å². The van der Waals surface area contributed by atoms with Crippen molar-refractivity contribution in [2.24, 2.45) is 5.73 Å². The van der Waals surface area contributed by atoms with Gasteiger partial charge in [0.1, 0.15) is 6.54 Å². The molecule has 1 heterocycles. The van der Waals surface area contributed by atoms with E-state index in [4.69, 9.17) is 5.73 Å². The van der Waals surface area contributed by atoms with Crippen molar-refractivity contribution >= 4 is 11.7 Å². The summed E-state index contributed by atoms with van der Waals surface area (Å²) in [6, 6.07) is 14.2. The van der Waals surface area contributed by atoms with Gasteiger partial charge in [-0.3, -0.25) is 9.59 Å². The highest BCUT2D eigenvalue weighted by Crippen LogP contribution is 2.22. The summed E-state index contributed by atoms with van der Waals surface area (Å²) in [6.45, 7) is 6.38. The normalized spacial score (nSPS) is 11.4. The van der Waals surface area contributed by atoms with Crippen LogP contribution in [-0.4, -0.2) is 31.9 Å². The van der Waals surface area contributed by atoms with Crippen LogP contribution in [0.15, 0.2) is 48.5 Å². The van der Waals surface area contributed by atoms with Gasteiger partial charge in [-0.05, 0) is 28.3 Å². The second-order valence-electron chi connectivity index (χ2n) is 7.34. The zero-order valence-electron chi connectivity index (χ0n) is 15.5. The van der Waals surface area contributed by atoms with E-state index in [1.807, 2.05) is 24.3 Å². The lowest BCUT2D eigenvalue weighted by Gasteiger charge is -2.18. The summed E-state index contributed by atoms with van der Waals surface area (Å²) in [5.74, 6) is -0.216. The zero-order chi connectivity index (χ0) is 19.6. The number of Topliss-reactive ketones (excluding diaryl/α,β-unsaturated/α-hetero) is 1. The highest BCUT2D eigenvalue weighted by atomic mass is 16.1. The van der Waals surface area contributed by atoms with Crippen LogP contribution in [0.4, 0.5) is 0 Å². The van der Waals surface area contributed by atoms with Gasteiger partial charge >= 0.3 is 0 Å². The number of hydrogen-bond acceptors (Lipinski definition) is 5. The molecule has 7 nitrogen and oxygen atoms in total. The first kappa shape index (κ1) is 18.4. The Balaban J connectivity index is 1.71. The molecule has 7 heteroatoms. The zero-order valence-corrected chi connectivity index (χ0v) is 15.5. The highest BCUT2D eigenvalue weighted by molar-refractivity contribution is 5.95. The van der Waals surface area contributed by atoms with Crippen molar-refractivity contribution in [3.05, 3.63) is 65.2 Å². The lowest BCUT2D eigenvalue weighted by molar-refractivity contribution is 0.0959. The molecule has 138 valence electrons. The molecule has 0 saturated heterocycles. The van der Waals surface area contributed by atoms with Crippen molar-refractivity contribution < 1.29 is 9.59 Å². The topological polar surface area (TPSA) is 104 Å². The fraction of sp³-hybridized carbons (Fsp3) is 0.250. The summed E-state index contributed by atoms with van der Waals surface area (Å²) in [4.78, 5) is 24.8. The van der Waals surface area contributed by atoms with Gasteiger partial charge in [0.2, 0.25) is 11.7 Å². The fourth-order valence-corrected chi connectivity index (χ4v) is 2.59. The van der Waals surface area contributed by atoms with Crippen LogP contribution in [0.25, 0.3) is 11.4 Å². The van der Waals surface area contributed by atoms with Crippen LogP contribution in [0.3, 0.4) is 0 Å². The number of nitrogens with zero attached hydrogens (tertiary/aromatic N) is 4. The van der Waals surface area contributed by atoms with Crippen molar-refractivity contribution in [3.8, 4) is 11.4 Å². The SMILES string of the molecule is CC(C)(C)c1ccc(C(=O)Cn2nnc(-c3ccc(C(N)=O)cc3)n2)cc1. The number of benzene rings is 2. The third-order valence-electron chi connectivity index (χ3n) is 4.24. The Kier molecular flexibility index (Phi) is 4.85. The van der Waals surface area contributed by atoms with Gasteiger partial charge in [-0.15, -0.1) is 10.2 Å². The van der Waals surface area contributed by atoms with Crippen molar-refractivity contribution in [3.63, 3.8) is 0 Å². The Morgan fingerprint density at radius 3 is 2.11 bits per heavy atom.